The van der Waals surface area contributed by atoms with Gasteiger partial charge in [0.1, 0.15) is 0 Å². The summed E-state index contributed by atoms with van der Waals surface area (Å²) in [5.41, 5.74) is 7.74. The standard InChI is InChI=1S/C13H17N3O.ClH/c1-9-6-4-5-7-10(9)8-11-15-12(17-16-11)13(2,3)14;/h4-7H,8,14H2,1-3H3;1H. The van der Waals surface area contributed by atoms with Gasteiger partial charge in [0.25, 0.3) is 0 Å². The summed E-state index contributed by atoms with van der Waals surface area (Å²) < 4.78 is 5.16. The van der Waals surface area contributed by atoms with Gasteiger partial charge in [-0.2, -0.15) is 4.98 Å². The number of aryl methyl sites for hydroxylation is 1. The van der Waals surface area contributed by atoms with Crippen molar-refractivity contribution in [2.24, 2.45) is 5.73 Å². The van der Waals surface area contributed by atoms with Crippen molar-refractivity contribution in [3.05, 3.63) is 47.1 Å². The first-order valence-electron chi connectivity index (χ1n) is 5.63. The van der Waals surface area contributed by atoms with E-state index in [9.17, 15) is 0 Å². The first kappa shape index (κ1) is 14.7. The molecule has 2 aromatic rings. The molecule has 0 aliphatic carbocycles. The van der Waals surface area contributed by atoms with Gasteiger partial charge in [-0.1, -0.05) is 29.4 Å². The van der Waals surface area contributed by atoms with E-state index < -0.39 is 5.54 Å². The van der Waals surface area contributed by atoms with Crippen LogP contribution in [0.4, 0.5) is 0 Å². The number of hydrogen-bond acceptors (Lipinski definition) is 4. The van der Waals surface area contributed by atoms with Crippen LogP contribution in [0.2, 0.25) is 0 Å². The van der Waals surface area contributed by atoms with E-state index in [-0.39, 0.29) is 12.4 Å². The largest absolute Gasteiger partial charge is 0.337 e. The van der Waals surface area contributed by atoms with Gasteiger partial charge in [0.05, 0.1) is 5.54 Å². The summed E-state index contributed by atoms with van der Waals surface area (Å²) in [5.74, 6) is 1.15. The normalized spacial score (nSPS) is 11.1. The molecule has 0 bridgehead atoms. The Morgan fingerprint density at radius 2 is 1.94 bits per heavy atom. The lowest BCUT2D eigenvalue weighted by Gasteiger charge is -2.10. The van der Waals surface area contributed by atoms with Crippen LogP contribution in [0.15, 0.2) is 28.8 Å². The van der Waals surface area contributed by atoms with Crippen LogP contribution < -0.4 is 5.73 Å². The summed E-state index contributed by atoms with van der Waals surface area (Å²) in [6.45, 7) is 5.76. The predicted molar refractivity (Wildman–Crippen MR) is 72.7 cm³/mol. The van der Waals surface area contributed by atoms with Gasteiger partial charge in [0.2, 0.25) is 5.89 Å². The highest BCUT2D eigenvalue weighted by atomic mass is 35.5. The summed E-state index contributed by atoms with van der Waals surface area (Å²) in [6.07, 6.45) is 0.673. The molecule has 2 N–H and O–H groups in total. The molecule has 0 atom stereocenters. The first-order chi connectivity index (χ1) is 7.97. The molecule has 0 spiro atoms. The molecule has 18 heavy (non-hydrogen) atoms. The summed E-state index contributed by atoms with van der Waals surface area (Å²) in [5, 5.41) is 3.95. The zero-order valence-corrected chi connectivity index (χ0v) is 11.6. The fraction of sp³-hybridized carbons (Fsp3) is 0.385. The van der Waals surface area contributed by atoms with Gasteiger partial charge in [-0.15, -0.1) is 12.4 Å². The molecule has 1 aromatic heterocycles. The number of halogens is 1. The number of rotatable bonds is 3. The molecule has 0 unspecified atom stereocenters. The molecule has 4 nitrogen and oxygen atoms in total. The Hall–Kier alpha value is -1.39. The summed E-state index contributed by atoms with van der Waals surface area (Å²) in [6, 6.07) is 8.17. The Morgan fingerprint density at radius 3 is 2.50 bits per heavy atom. The second-order valence-electron chi connectivity index (χ2n) is 4.84. The van der Waals surface area contributed by atoms with Crippen LogP contribution in [0.3, 0.4) is 0 Å². The fourth-order valence-electron chi connectivity index (χ4n) is 1.57. The van der Waals surface area contributed by atoms with Gasteiger partial charge in [-0.25, -0.2) is 0 Å². The van der Waals surface area contributed by atoms with Crippen LogP contribution in [0.1, 0.15) is 36.7 Å². The number of hydrogen-bond donors (Lipinski definition) is 1. The number of nitrogens with zero attached hydrogens (tertiary/aromatic N) is 2. The highest BCUT2D eigenvalue weighted by molar-refractivity contribution is 5.85. The van der Waals surface area contributed by atoms with Crippen molar-refractivity contribution < 1.29 is 4.52 Å². The Bertz CT molecular complexity index is 517. The fourth-order valence-corrected chi connectivity index (χ4v) is 1.57. The average Bonchev–Trinajstić information content (AvgIpc) is 2.69. The van der Waals surface area contributed by atoms with Crippen LogP contribution >= 0.6 is 12.4 Å². The van der Waals surface area contributed by atoms with Crippen molar-refractivity contribution in [2.75, 3.05) is 0 Å². The maximum Gasteiger partial charge on any atom is 0.246 e. The predicted octanol–water partition coefficient (Wildman–Crippen LogP) is 2.58. The third-order valence-electron chi connectivity index (χ3n) is 2.63. The van der Waals surface area contributed by atoms with E-state index in [1.807, 2.05) is 26.0 Å². The van der Waals surface area contributed by atoms with Crippen molar-refractivity contribution >= 4 is 12.4 Å². The molecule has 1 aromatic carbocycles. The molecular formula is C13H18ClN3O. The van der Waals surface area contributed by atoms with E-state index in [2.05, 4.69) is 29.2 Å². The van der Waals surface area contributed by atoms with E-state index in [0.29, 0.717) is 18.1 Å². The lowest BCUT2D eigenvalue weighted by Crippen LogP contribution is -2.29. The summed E-state index contributed by atoms with van der Waals surface area (Å²) >= 11 is 0. The molecule has 0 aliphatic heterocycles. The molecule has 0 saturated heterocycles. The lowest BCUT2D eigenvalue weighted by atomic mass is 10.1. The lowest BCUT2D eigenvalue weighted by molar-refractivity contribution is 0.310. The molecule has 0 amide bonds. The molecule has 2 rings (SSSR count). The molecular weight excluding hydrogens is 250 g/mol. The molecule has 0 saturated carbocycles. The maximum atomic E-state index is 5.90. The van der Waals surface area contributed by atoms with Gasteiger partial charge in [-0.3, -0.25) is 0 Å². The minimum atomic E-state index is -0.586. The maximum absolute atomic E-state index is 5.90. The summed E-state index contributed by atoms with van der Waals surface area (Å²) in [7, 11) is 0. The highest BCUT2D eigenvalue weighted by Gasteiger charge is 2.22. The Labute approximate surface area is 113 Å². The van der Waals surface area contributed by atoms with Crippen molar-refractivity contribution in [1.29, 1.82) is 0 Å². The molecule has 5 heteroatoms. The Kier molecular flexibility index (Phi) is 4.48. The quantitative estimate of drug-likeness (QED) is 0.928. The van der Waals surface area contributed by atoms with Crippen LogP contribution in [-0.4, -0.2) is 10.1 Å². The van der Waals surface area contributed by atoms with Gasteiger partial charge in [0, 0.05) is 6.42 Å². The minimum absolute atomic E-state index is 0. The van der Waals surface area contributed by atoms with Crippen molar-refractivity contribution in [1.82, 2.24) is 10.1 Å². The second-order valence-corrected chi connectivity index (χ2v) is 4.84. The number of aromatic nitrogens is 2. The minimum Gasteiger partial charge on any atom is -0.337 e. The third kappa shape index (κ3) is 3.31. The average molecular weight is 268 g/mol. The van der Waals surface area contributed by atoms with Crippen LogP contribution in [-0.2, 0) is 12.0 Å². The van der Waals surface area contributed by atoms with Gasteiger partial charge in [0.15, 0.2) is 5.82 Å². The number of nitrogens with two attached hydrogens (primary N) is 1. The van der Waals surface area contributed by atoms with E-state index in [4.69, 9.17) is 10.3 Å². The van der Waals surface area contributed by atoms with E-state index in [1.165, 1.54) is 11.1 Å². The molecule has 0 aliphatic rings. The SMILES string of the molecule is Cc1ccccc1Cc1noc(C(C)(C)N)n1.Cl. The molecule has 1 heterocycles. The monoisotopic (exact) mass is 267 g/mol. The zero-order valence-electron chi connectivity index (χ0n) is 10.8. The molecule has 0 radical (unpaired) electrons. The molecule has 98 valence electrons. The van der Waals surface area contributed by atoms with Crippen molar-refractivity contribution in [3.8, 4) is 0 Å². The van der Waals surface area contributed by atoms with E-state index in [1.54, 1.807) is 0 Å². The highest BCUT2D eigenvalue weighted by Crippen LogP contribution is 2.16. The van der Waals surface area contributed by atoms with Crippen LogP contribution in [0.5, 0.6) is 0 Å². The van der Waals surface area contributed by atoms with Crippen LogP contribution in [0.25, 0.3) is 0 Å². The Morgan fingerprint density at radius 1 is 1.28 bits per heavy atom. The zero-order chi connectivity index (χ0) is 12.5. The van der Waals surface area contributed by atoms with E-state index in [0.717, 1.165) is 0 Å². The Balaban J connectivity index is 0.00000162. The third-order valence-corrected chi connectivity index (χ3v) is 2.63. The van der Waals surface area contributed by atoms with E-state index >= 15 is 0 Å². The van der Waals surface area contributed by atoms with Gasteiger partial charge < -0.3 is 10.3 Å². The van der Waals surface area contributed by atoms with Crippen LogP contribution in [0, 0.1) is 6.92 Å². The van der Waals surface area contributed by atoms with Gasteiger partial charge >= 0.3 is 0 Å². The van der Waals surface area contributed by atoms with Crippen molar-refractivity contribution in [3.63, 3.8) is 0 Å². The van der Waals surface area contributed by atoms with Crippen molar-refractivity contribution in [2.45, 2.75) is 32.7 Å². The summed E-state index contributed by atoms with van der Waals surface area (Å²) in [4.78, 5) is 4.32. The first-order valence-corrected chi connectivity index (χ1v) is 5.63. The smallest absolute Gasteiger partial charge is 0.246 e. The molecule has 0 fully saturated rings. The second kappa shape index (κ2) is 5.50. The topological polar surface area (TPSA) is 64.9 Å². The van der Waals surface area contributed by atoms with Gasteiger partial charge in [-0.05, 0) is 31.9 Å². The number of benzene rings is 1.